The fraction of sp³-hybridized carbons (Fsp3) is 0.639. The van der Waals surface area contributed by atoms with Crippen molar-refractivity contribution in [2.24, 2.45) is 0 Å². The summed E-state index contributed by atoms with van der Waals surface area (Å²) >= 11 is 0. The smallest absolute Gasteiger partial charge is 0.166 e. The first-order valence-electron chi connectivity index (χ1n) is 17.5. The molecule has 6 rings (SSSR count). The number of hydrogen-bond acceptors (Lipinski definition) is 7. The van der Waals surface area contributed by atoms with Crippen LogP contribution in [-0.4, -0.2) is 45.7 Å². The van der Waals surface area contributed by atoms with Crippen molar-refractivity contribution in [2.75, 3.05) is 23.8 Å². The number of aryl methyl sites for hydroxylation is 1. The molecule has 3 fully saturated rings. The van der Waals surface area contributed by atoms with Gasteiger partial charge in [-0.25, -0.2) is 9.97 Å². The van der Waals surface area contributed by atoms with E-state index >= 15 is 0 Å². The highest BCUT2D eigenvalue weighted by atomic mass is 16.5. The van der Waals surface area contributed by atoms with Gasteiger partial charge in [-0.05, 0) is 88.3 Å². The van der Waals surface area contributed by atoms with Crippen molar-refractivity contribution in [3.8, 4) is 0 Å². The molecule has 8 heteroatoms. The number of unbranched alkanes of at least 4 members (excludes halogenated alkanes) is 4. The maximum atomic E-state index is 12.3. The Balaban J connectivity index is 1.02. The number of ether oxygens (including phenoxy) is 2. The standard InChI is InChI=1S/C36H51N5O3/c42-31(32-17-9-11-23-43-32)16-8-3-1-2-5-13-27-19-21-29(22-20-27)39-33-25-30(38-28-14-6-4-7-15-28)35-36(40-33)41(26-37-35)34-18-10-12-24-44-34/h19-22,25-26,28,32,34H,1-18,23-24H2,(H2,38,39,40). The zero-order chi connectivity index (χ0) is 30.0. The fourth-order valence-electron chi connectivity index (χ4n) is 7.02. The number of aromatic nitrogens is 3. The number of fused-ring (bicyclic) bond motifs is 1. The summed E-state index contributed by atoms with van der Waals surface area (Å²) in [6, 6.07) is 11.4. The van der Waals surface area contributed by atoms with E-state index in [1.807, 2.05) is 6.33 Å². The first-order chi connectivity index (χ1) is 21.7. The number of rotatable bonds is 14. The zero-order valence-electron chi connectivity index (χ0n) is 26.4. The van der Waals surface area contributed by atoms with Crippen LogP contribution in [0.1, 0.15) is 121 Å². The van der Waals surface area contributed by atoms with Crippen molar-refractivity contribution in [1.82, 2.24) is 14.5 Å². The van der Waals surface area contributed by atoms with E-state index in [0.717, 1.165) is 92.9 Å². The molecule has 2 atom stereocenters. The Bertz CT molecular complexity index is 1320. The molecule has 1 saturated carbocycles. The highest BCUT2D eigenvalue weighted by Gasteiger charge is 2.23. The summed E-state index contributed by atoms with van der Waals surface area (Å²) < 4.78 is 13.9. The van der Waals surface area contributed by atoms with Crippen molar-refractivity contribution < 1.29 is 14.3 Å². The van der Waals surface area contributed by atoms with Crippen LogP contribution in [0, 0.1) is 0 Å². The molecule has 3 aromatic rings. The summed E-state index contributed by atoms with van der Waals surface area (Å²) in [6.07, 6.45) is 21.9. The Kier molecular flexibility index (Phi) is 11.2. The van der Waals surface area contributed by atoms with Crippen LogP contribution in [0.3, 0.4) is 0 Å². The topological polar surface area (TPSA) is 90.3 Å². The third kappa shape index (κ3) is 8.39. The molecule has 4 heterocycles. The second-order valence-electron chi connectivity index (χ2n) is 13.1. The van der Waals surface area contributed by atoms with Crippen molar-refractivity contribution in [1.29, 1.82) is 0 Å². The molecule has 0 amide bonds. The van der Waals surface area contributed by atoms with E-state index in [1.54, 1.807) is 0 Å². The van der Waals surface area contributed by atoms with Gasteiger partial charge in [0.2, 0.25) is 0 Å². The van der Waals surface area contributed by atoms with E-state index < -0.39 is 0 Å². The number of benzene rings is 1. The number of nitrogens with zero attached hydrogens (tertiary/aromatic N) is 3. The van der Waals surface area contributed by atoms with Crippen LogP contribution in [0.2, 0.25) is 0 Å². The van der Waals surface area contributed by atoms with Gasteiger partial charge in [0.1, 0.15) is 23.7 Å². The van der Waals surface area contributed by atoms with E-state index in [0.29, 0.717) is 18.2 Å². The molecule has 2 N–H and O–H groups in total. The van der Waals surface area contributed by atoms with Crippen LogP contribution in [0.25, 0.3) is 11.2 Å². The second-order valence-corrected chi connectivity index (χ2v) is 13.1. The van der Waals surface area contributed by atoms with Gasteiger partial charge in [-0.3, -0.25) is 9.36 Å². The van der Waals surface area contributed by atoms with E-state index in [-0.39, 0.29) is 12.3 Å². The van der Waals surface area contributed by atoms with Gasteiger partial charge in [0.25, 0.3) is 0 Å². The summed E-state index contributed by atoms with van der Waals surface area (Å²) in [7, 11) is 0. The molecule has 1 aliphatic carbocycles. The molecule has 238 valence electrons. The van der Waals surface area contributed by atoms with Gasteiger partial charge in [-0.15, -0.1) is 0 Å². The third-order valence-electron chi connectivity index (χ3n) is 9.61. The van der Waals surface area contributed by atoms with Crippen molar-refractivity contribution in [3.63, 3.8) is 0 Å². The monoisotopic (exact) mass is 601 g/mol. The lowest BCUT2D eigenvalue weighted by Gasteiger charge is -2.25. The molecule has 0 radical (unpaired) electrons. The molecule has 2 aliphatic heterocycles. The van der Waals surface area contributed by atoms with Crippen molar-refractivity contribution in [2.45, 2.75) is 134 Å². The number of hydrogen-bond donors (Lipinski definition) is 2. The summed E-state index contributed by atoms with van der Waals surface area (Å²) in [6.45, 7) is 1.54. The number of ketones is 1. The van der Waals surface area contributed by atoms with E-state index in [4.69, 9.17) is 19.4 Å². The predicted molar refractivity (Wildman–Crippen MR) is 177 cm³/mol. The van der Waals surface area contributed by atoms with Gasteiger partial charge < -0.3 is 20.1 Å². The average molecular weight is 602 g/mol. The molecular weight excluding hydrogens is 550 g/mol. The SMILES string of the molecule is O=C(CCCCCCCc1ccc(Nc2cc(NC3CCCCC3)c3ncn(C4CCCCO4)c3n2)cc1)C1CCCCO1. The maximum Gasteiger partial charge on any atom is 0.166 e. The van der Waals surface area contributed by atoms with Gasteiger partial charge >= 0.3 is 0 Å². The number of anilines is 3. The van der Waals surface area contributed by atoms with Crippen molar-refractivity contribution in [3.05, 3.63) is 42.2 Å². The van der Waals surface area contributed by atoms with Crippen molar-refractivity contribution >= 4 is 34.1 Å². The number of imidazole rings is 1. The number of nitrogens with one attached hydrogen (secondary N) is 2. The van der Waals surface area contributed by atoms with Crippen LogP contribution in [0.4, 0.5) is 17.2 Å². The van der Waals surface area contributed by atoms with E-state index in [2.05, 4.69) is 45.5 Å². The van der Waals surface area contributed by atoms with Gasteiger partial charge in [0, 0.05) is 37.4 Å². The minimum Gasteiger partial charge on any atom is -0.380 e. The molecule has 0 bridgehead atoms. The van der Waals surface area contributed by atoms with Crippen LogP contribution in [0.5, 0.6) is 0 Å². The number of Topliss-reactive ketones (excluding diaryl/α,β-unsaturated/α-hetero) is 1. The molecule has 8 nitrogen and oxygen atoms in total. The number of pyridine rings is 1. The molecule has 44 heavy (non-hydrogen) atoms. The molecule has 1 aromatic carbocycles. The Morgan fingerprint density at radius 3 is 2.36 bits per heavy atom. The minimum atomic E-state index is -0.125. The summed E-state index contributed by atoms with van der Waals surface area (Å²) in [5, 5.41) is 7.39. The van der Waals surface area contributed by atoms with Gasteiger partial charge in [-0.2, -0.15) is 0 Å². The quantitative estimate of drug-likeness (QED) is 0.179. The lowest BCUT2D eigenvalue weighted by Crippen LogP contribution is -2.27. The molecule has 2 aromatic heterocycles. The first-order valence-corrected chi connectivity index (χ1v) is 17.5. The molecule has 3 aliphatic rings. The molecule has 0 spiro atoms. The largest absolute Gasteiger partial charge is 0.380 e. The summed E-state index contributed by atoms with van der Waals surface area (Å²) in [5.74, 6) is 1.14. The van der Waals surface area contributed by atoms with Gasteiger partial charge in [0.05, 0.1) is 12.0 Å². The van der Waals surface area contributed by atoms with Crippen LogP contribution >= 0.6 is 0 Å². The fourth-order valence-corrected chi connectivity index (χ4v) is 7.02. The summed E-state index contributed by atoms with van der Waals surface area (Å²) in [4.78, 5) is 22.1. The van der Waals surface area contributed by atoms with Crippen LogP contribution in [-0.2, 0) is 20.7 Å². The van der Waals surface area contributed by atoms with E-state index in [9.17, 15) is 4.79 Å². The Labute approximate surface area is 262 Å². The average Bonchev–Trinajstić information content (AvgIpc) is 3.51. The van der Waals surface area contributed by atoms with Crippen LogP contribution < -0.4 is 10.6 Å². The Hall–Kier alpha value is -2.97. The first kappa shape index (κ1) is 31.0. The predicted octanol–water partition coefficient (Wildman–Crippen LogP) is 8.64. The lowest BCUT2D eigenvalue weighted by atomic mass is 9.95. The second kappa shape index (κ2) is 15.8. The molecular formula is C36H51N5O3. The number of carbonyl (C=O) groups excluding carboxylic acids is 1. The summed E-state index contributed by atoms with van der Waals surface area (Å²) in [5.41, 5.74) is 5.26. The lowest BCUT2D eigenvalue weighted by molar-refractivity contribution is -0.133. The van der Waals surface area contributed by atoms with Gasteiger partial charge in [-0.1, -0.05) is 50.7 Å². The minimum absolute atomic E-state index is 0.00282. The highest BCUT2D eigenvalue weighted by Crippen LogP contribution is 2.33. The normalized spacial score (nSPS) is 21.4. The zero-order valence-corrected chi connectivity index (χ0v) is 26.4. The molecule has 2 saturated heterocycles. The Morgan fingerprint density at radius 2 is 1.59 bits per heavy atom. The van der Waals surface area contributed by atoms with E-state index in [1.165, 1.54) is 63.4 Å². The highest BCUT2D eigenvalue weighted by molar-refractivity contribution is 5.88. The Morgan fingerprint density at radius 1 is 0.841 bits per heavy atom. The third-order valence-corrected chi connectivity index (χ3v) is 9.61. The maximum absolute atomic E-state index is 12.3. The number of carbonyl (C=O) groups is 1. The molecule has 2 unspecified atom stereocenters. The van der Waals surface area contributed by atoms with Gasteiger partial charge in [0.15, 0.2) is 11.4 Å². The van der Waals surface area contributed by atoms with Crippen LogP contribution in [0.15, 0.2) is 36.7 Å².